The first kappa shape index (κ1) is 18.6. The second-order valence-corrected chi connectivity index (χ2v) is 10.7. The van der Waals surface area contributed by atoms with E-state index >= 15 is 0 Å². The second-order valence-electron chi connectivity index (χ2n) is 9.87. The maximum absolute atomic E-state index is 13.4. The van der Waals surface area contributed by atoms with Crippen LogP contribution in [0, 0.1) is 5.92 Å². The zero-order valence-electron chi connectivity index (χ0n) is 17.3. The Morgan fingerprint density at radius 3 is 2.77 bits per heavy atom. The Kier molecular flexibility index (Phi) is 4.16. The van der Waals surface area contributed by atoms with Crippen molar-refractivity contribution in [2.24, 2.45) is 5.92 Å². The number of fused-ring (bicyclic) bond motifs is 1. The predicted octanol–water partition coefficient (Wildman–Crippen LogP) is 5.29. The summed E-state index contributed by atoms with van der Waals surface area (Å²) in [6.45, 7) is 2.18. The number of piperidine rings is 2. The van der Waals surface area contributed by atoms with Crippen LogP contribution in [0.25, 0.3) is 22.0 Å². The van der Waals surface area contributed by atoms with Gasteiger partial charge in [0.05, 0.1) is 5.60 Å². The van der Waals surface area contributed by atoms with E-state index < -0.39 is 5.60 Å². The number of hydrogen-bond donors (Lipinski definition) is 2. The molecule has 4 heterocycles. The minimum atomic E-state index is -0.509. The second kappa shape index (κ2) is 6.69. The van der Waals surface area contributed by atoms with Crippen LogP contribution in [-0.4, -0.2) is 38.6 Å². The summed E-state index contributed by atoms with van der Waals surface area (Å²) in [6.07, 6.45) is 7.27. The number of H-pyrrole nitrogens is 1. The van der Waals surface area contributed by atoms with Crippen molar-refractivity contribution in [3.63, 3.8) is 0 Å². The molecule has 1 amide bonds. The molecule has 30 heavy (non-hydrogen) atoms. The molecule has 3 atom stereocenters. The van der Waals surface area contributed by atoms with Gasteiger partial charge in [0.2, 0.25) is 5.91 Å². The van der Waals surface area contributed by atoms with Gasteiger partial charge in [-0.25, -0.2) is 0 Å². The fourth-order valence-corrected chi connectivity index (χ4v) is 7.38. The molecule has 5 heteroatoms. The molecular formula is C25H28N2O2S. The number of carbonyl (C=O) groups is 1. The summed E-state index contributed by atoms with van der Waals surface area (Å²) < 4.78 is 0. The molecule has 3 unspecified atom stereocenters. The monoisotopic (exact) mass is 420 g/mol. The number of nitrogens with zero attached hydrogens (tertiary/aromatic N) is 1. The highest BCUT2D eigenvalue weighted by molar-refractivity contribution is 7.08. The molecule has 2 saturated carbocycles. The maximum Gasteiger partial charge on any atom is 0.223 e. The molecular weight excluding hydrogens is 392 g/mol. The Labute approximate surface area is 180 Å². The Hall–Kier alpha value is -2.11. The molecule has 156 valence electrons. The van der Waals surface area contributed by atoms with Gasteiger partial charge < -0.3 is 15.0 Å². The quantitative estimate of drug-likeness (QED) is 0.602. The fourth-order valence-electron chi connectivity index (χ4n) is 6.73. The molecule has 1 aromatic carbocycles. The van der Waals surface area contributed by atoms with Gasteiger partial charge in [0, 0.05) is 35.6 Å². The van der Waals surface area contributed by atoms with Gasteiger partial charge in [-0.05, 0) is 83.5 Å². The minimum Gasteiger partial charge on any atom is -0.390 e. The molecule has 3 aromatic rings. The largest absolute Gasteiger partial charge is 0.390 e. The summed E-state index contributed by atoms with van der Waals surface area (Å²) >= 11 is 1.71. The van der Waals surface area contributed by atoms with Crippen molar-refractivity contribution in [2.75, 3.05) is 0 Å². The van der Waals surface area contributed by atoms with Crippen molar-refractivity contribution in [1.29, 1.82) is 0 Å². The van der Waals surface area contributed by atoms with E-state index in [1.165, 1.54) is 22.1 Å². The number of hydrogen-bond acceptors (Lipinski definition) is 3. The van der Waals surface area contributed by atoms with Crippen molar-refractivity contribution in [3.05, 3.63) is 46.8 Å². The predicted molar refractivity (Wildman–Crippen MR) is 121 cm³/mol. The first-order chi connectivity index (χ1) is 14.5. The van der Waals surface area contributed by atoms with Gasteiger partial charge in [-0.2, -0.15) is 11.3 Å². The average Bonchev–Trinajstić information content (AvgIpc) is 3.36. The number of aromatic amines is 1. The summed E-state index contributed by atoms with van der Waals surface area (Å²) in [5, 5.41) is 16.4. The molecule has 4 bridgehead atoms. The number of aromatic nitrogens is 1. The molecule has 4 nitrogen and oxygen atoms in total. The molecule has 2 N–H and O–H groups in total. The highest BCUT2D eigenvalue weighted by Crippen LogP contribution is 2.51. The van der Waals surface area contributed by atoms with Crippen molar-refractivity contribution in [3.8, 4) is 11.1 Å². The van der Waals surface area contributed by atoms with Gasteiger partial charge >= 0.3 is 0 Å². The summed E-state index contributed by atoms with van der Waals surface area (Å²) in [5.74, 6) is 1.02. The fraction of sp³-hybridized carbons (Fsp3) is 0.480. The zero-order valence-corrected chi connectivity index (χ0v) is 18.1. The summed E-state index contributed by atoms with van der Waals surface area (Å²) in [4.78, 5) is 19.0. The van der Waals surface area contributed by atoms with Crippen LogP contribution in [0.4, 0.5) is 0 Å². The van der Waals surface area contributed by atoms with Gasteiger partial charge in [-0.15, -0.1) is 0 Å². The SMILES string of the molecule is CC(CC(=O)N1C2CC3CC1CC(O)(C3)C2)c1c[nH]c2cccc(-c3ccsc3)c12. The van der Waals surface area contributed by atoms with Crippen LogP contribution in [0.1, 0.15) is 56.9 Å². The van der Waals surface area contributed by atoms with Crippen molar-refractivity contribution in [2.45, 2.75) is 69.1 Å². The van der Waals surface area contributed by atoms with Crippen LogP contribution in [0.2, 0.25) is 0 Å². The number of aliphatic hydroxyl groups is 1. The highest BCUT2D eigenvalue weighted by Gasteiger charge is 2.54. The normalized spacial score (nSPS) is 30.9. The Bertz CT molecular complexity index is 1090. The Morgan fingerprint density at radius 1 is 1.27 bits per heavy atom. The molecule has 0 spiro atoms. The molecule has 2 aromatic heterocycles. The standard InChI is InChI=1S/C25H28N2O2S/c1-15(7-23(28)27-18-8-16-9-19(27)12-25(29,10-16)11-18)21-13-26-22-4-2-3-20(24(21)22)17-5-6-30-14-17/h2-6,13-16,18-19,26,29H,7-12H2,1H3. The third-order valence-electron chi connectivity index (χ3n) is 7.77. The molecule has 2 saturated heterocycles. The van der Waals surface area contributed by atoms with Crippen molar-refractivity contribution in [1.82, 2.24) is 9.88 Å². The molecule has 2 aliphatic carbocycles. The number of carbonyl (C=O) groups excluding carboxylic acids is 1. The smallest absolute Gasteiger partial charge is 0.223 e. The number of benzene rings is 1. The summed E-state index contributed by atoms with van der Waals surface area (Å²) in [5.41, 5.74) is 4.32. The third kappa shape index (κ3) is 2.86. The average molecular weight is 421 g/mol. The minimum absolute atomic E-state index is 0.145. The molecule has 7 rings (SSSR count). The number of thiophene rings is 1. The topological polar surface area (TPSA) is 56.3 Å². The van der Waals surface area contributed by atoms with Gasteiger partial charge in [0.1, 0.15) is 0 Å². The summed E-state index contributed by atoms with van der Waals surface area (Å²) in [6, 6.07) is 9.03. The van der Waals surface area contributed by atoms with E-state index in [4.69, 9.17) is 0 Å². The Balaban J connectivity index is 1.28. The van der Waals surface area contributed by atoms with E-state index in [1.807, 2.05) is 0 Å². The lowest BCUT2D eigenvalue weighted by Crippen LogP contribution is -2.65. The maximum atomic E-state index is 13.4. The van der Waals surface area contributed by atoms with Gasteiger partial charge in [-0.1, -0.05) is 19.1 Å². The lowest BCUT2D eigenvalue weighted by molar-refractivity contribution is -0.174. The van der Waals surface area contributed by atoms with E-state index in [1.54, 1.807) is 11.3 Å². The lowest BCUT2D eigenvalue weighted by Gasteiger charge is -2.59. The van der Waals surface area contributed by atoms with Crippen LogP contribution in [0.3, 0.4) is 0 Å². The van der Waals surface area contributed by atoms with E-state index in [-0.39, 0.29) is 23.9 Å². The van der Waals surface area contributed by atoms with Crippen LogP contribution in [0.5, 0.6) is 0 Å². The van der Waals surface area contributed by atoms with E-state index in [9.17, 15) is 9.90 Å². The van der Waals surface area contributed by atoms with E-state index in [0.717, 1.165) is 37.6 Å². The van der Waals surface area contributed by atoms with Crippen molar-refractivity contribution >= 4 is 28.1 Å². The van der Waals surface area contributed by atoms with Gasteiger partial charge in [0.25, 0.3) is 0 Å². The van der Waals surface area contributed by atoms with Crippen LogP contribution in [-0.2, 0) is 4.79 Å². The number of nitrogens with one attached hydrogen (secondary N) is 1. The van der Waals surface area contributed by atoms with Crippen LogP contribution < -0.4 is 0 Å². The molecule has 0 radical (unpaired) electrons. The van der Waals surface area contributed by atoms with Crippen LogP contribution >= 0.6 is 11.3 Å². The number of amides is 1. The summed E-state index contributed by atoms with van der Waals surface area (Å²) in [7, 11) is 0. The van der Waals surface area contributed by atoms with Gasteiger partial charge in [-0.3, -0.25) is 4.79 Å². The third-order valence-corrected chi connectivity index (χ3v) is 8.45. The van der Waals surface area contributed by atoms with Gasteiger partial charge in [0.15, 0.2) is 0 Å². The molecule has 4 aliphatic rings. The first-order valence-electron chi connectivity index (χ1n) is 11.2. The molecule has 2 aliphatic heterocycles. The number of rotatable bonds is 4. The zero-order chi connectivity index (χ0) is 20.5. The highest BCUT2D eigenvalue weighted by atomic mass is 32.1. The first-order valence-corrected chi connectivity index (χ1v) is 12.1. The van der Waals surface area contributed by atoms with E-state index in [2.05, 4.69) is 58.0 Å². The Morgan fingerprint density at radius 2 is 2.07 bits per heavy atom. The molecule has 4 fully saturated rings. The lowest BCUT2D eigenvalue weighted by atomic mass is 9.61. The van der Waals surface area contributed by atoms with Crippen molar-refractivity contribution < 1.29 is 9.90 Å². The van der Waals surface area contributed by atoms with Crippen LogP contribution in [0.15, 0.2) is 41.2 Å². The van der Waals surface area contributed by atoms with E-state index in [0.29, 0.717) is 12.3 Å².